The number of likely N-dealkylation sites (N-methyl/N-ethyl adjacent to an activating group) is 1. The number of rotatable bonds is 2. The van der Waals surface area contributed by atoms with E-state index in [9.17, 15) is 18.4 Å². The number of amides is 2. The van der Waals surface area contributed by atoms with Crippen LogP contribution in [0, 0.1) is 11.6 Å². The van der Waals surface area contributed by atoms with E-state index in [1.54, 1.807) is 18.1 Å². The molecule has 2 aromatic carbocycles. The van der Waals surface area contributed by atoms with Crippen molar-refractivity contribution in [1.82, 2.24) is 29.6 Å². The zero-order chi connectivity index (χ0) is 32.2. The van der Waals surface area contributed by atoms with Crippen LogP contribution in [0.5, 0.6) is 0 Å². The maximum Gasteiger partial charge on any atom is 0.245 e. The van der Waals surface area contributed by atoms with Gasteiger partial charge >= 0.3 is 0 Å². The molecular weight excluding hydrogens is 604 g/mol. The summed E-state index contributed by atoms with van der Waals surface area (Å²) in [6.07, 6.45) is 5.16. The van der Waals surface area contributed by atoms with Gasteiger partial charge in [0.2, 0.25) is 11.8 Å². The maximum absolute atomic E-state index is 14.8. The van der Waals surface area contributed by atoms with E-state index < -0.39 is 17.7 Å². The average Bonchev–Trinajstić information content (AvgIpc) is 3.80. The standard InChI is InChI=1S/C34H31F2N9O2/c1-42-14-13-22-10-12-31(46)44(22)27-7-3-2-5-23(27)26-6-4-8-30(41-26)40-21-16-29(34(42)47)43(18-21)32-24-17-39-45(33(24)38-19-37-32)28-11-9-20(35)15-25(28)36/h2-9,11,15,17,19,21-22,29H,10,12-14,16,18H2,1H3,(H,40,41)/t21-,22?,29-/m0/s1. The minimum Gasteiger partial charge on any atom is -0.365 e. The van der Waals surface area contributed by atoms with Crippen LogP contribution in [0.25, 0.3) is 28.0 Å². The fraction of sp³-hybridized carbons (Fsp3) is 0.294. The van der Waals surface area contributed by atoms with E-state index in [4.69, 9.17) is 4.98 Å². The molecule has 2 fully saturated rings. The van der Waals surface area contributed by atoms with E-state index in [0.717, 1.165) is 29.1 Å². The summed E-state index contributed by atoms with van der Waals surface area (Å²) in [5.74, 6) is -0.343. The summed E-state index contributed by atoms with van der Waals surface area (Å²) >= 11 is 0. The van der Waals surface area contributed by atoms with E-state index in [1.807, 2.05) is 52.3 Å². The van der Waals surface area contributed by atoms with Gasteiger partial charge in [-0.3, -0.25) is 9.59 Å². The molecule has 1 unspecified atom stereocenters. The number of halogens is 2. The number of aromatic nitrogens is 5. The normalized spacial score (nSPS) is 21.3. The molecule has 3 atom stereocenters. The monoisotopic (exact) mass is 635 g/mol. The Morgan fingerprint density at radius 2 is 1.83 bits per heavy atom. The van der Waals surface area contributed by atoms with Crippen LogP contribution in [0.4, 0.5) is 26.1 Å². The first kappa shape index (κ1) is 29.0. The van der Waals surface area contributed by atoms with Crippen LogP contribution in [0.15, 0.2) is 73.2 Å². The lowest BCUT2D eigenvalue weighted by molar-refractivity contribution is -0.131. The molecule has 13 heteroatoms. The van der Waals surface area contributed by atoms with E-state index in [-0.39, 0.29) is 29.6 Å². The first-order valence-corrected chi connectivity index (χ1v) is 15.7. The third kappa shape index (κ3) is 5.02. The SMILES string of the molecule is CN1CCC2CCC(=O)N2c2ccccc2-c2cccc(n2)N[C@H]2C[C@@H](C1=O)N(c1ncnc3c1cnn3-c1ccc(F)cc1F)C2. The Bertz CT molecular complexity index is 2030. The Labute approximate surface area is 268 Å². The second kappa shape index (κ2) is 11.4. The highest BCUT2D eigenvalue weighted by Crippen LogP contribution is 2.38. The fourth-order valence-corrected chi connectivity index (χ4v) is 7.13. The highest BCUT2D eigenvalue weighted by Gasteiger charge is 2.41. The number of nitrogens with one attached hydrogen (secondary N) is 1. The molecule has 8 rings (SSSR count). The topological polar surface area (TPSA) is 112 Å². The van der Waals surface area contributed by atoms with E-state index in [0.29, 0.717) is 61.4 Å². The summed E-state index contributed by atoms with van der Waals surface area (Å²) in [6.45, 7) is 0.894. The Hall–Kier alpha value is -5.46. The molecule has 47 heavy (non-hydrogen) atoms. The number of pyridine rings is 1. The lowest BCUT2D eigenvalue weighted by Gasteiger charge is -2.31. The van der Waals surface area contributed by atoms with Gasteiger partial charge in [0.15, 0.2) is 11.5 Å². The molecule has 1 N–H and O–H groups in total. The molecule has 6 heterocycles. The second-order valence-electron chi connectivity index (χ2n) is 12.3. The van der Waals surface area contributed by atoms with Crippen molar-refractivity contribution in [3.63, 3.8) is 0 Å². The number of nitrogens with zero attached hydrogens (tertiary/aromatic N) is 8. The van der Waals surface area contributed by atoms with Crippen molar-refractivity contribution in [1.29, 1.82) is 0 Å². The predicted octanol–water partition coefficient (Wildman–Crippen LogP) is 4.57. The van der Waals surface area contributed by atoms with E-state index in [2.05, 4.69) is 20.4 Å². The predicted molar refractivity (Wildman–Crippen MR) is 172 cm³/mol. The molecule has 0 saturated carbocycles. The lowest BCUT2D eigenvalue weighted by Crippen LogP contribution is -2.46. The van der Waals surface area contributed by atoms with Gasteiger partial charge in [0.1, 0.15) is 35.5 Å². The highest BCUT2D eigenvalue weighted by atomic mass is 19.1. The van der Waals surface area contributed by atoms with E-state index >= 15 is 0 Å². The van der Waals surface area contributed by atoms with Crippen molar-refractivity contribution < 1.29 is 18.4 Å². The molecule has 2 saturated heterocycles. The summed E-state index contributed by atoms with van der Waals surface area (Å²) in [4.78, 5) is 46.9. The maximum atomic E-state index is 14.8. The van der Waals surface area contributed by atoms with E-state index in [1.165, 1.54) is 17.1 Å². The Morgan fingerprint density at radius 3 is 2.70 bits per heavy atom. The summed E-state index contributed by atoms with van der Waals surface area (Å²) < 4.78 is 29.7. The number of carbonyl (C=O) groups excluding carboxylic acids is 2. The molecule has 5 aromatic rings. The molecule has 11 nitrogen and oxygen atoms in total. The van der Waals surface area contributed by atoms with Gasteiger partial charge in [-0.25, -0.2) is 28.4 Å². The average molecular weight is 636 g/mol. The van der Waals surface area contributed by atoms with Crippen molar-refractivity contribution in [2.45, 2.75) is 43.8 Å². The van der Waals surface area contributed by atoms with Crippen molar-refractivity contribution >= 4 is 40.2 Å². The van der Waals surface area contributed by atoms with Gasteiger partial charge in [-0.2, -0.15) is 5.10 Å². The lowest BCUT2D eigenvalue weighted by atomic mass is 10.1. The third-order valence-corrected chi connectivity index (χ3v) is 9.38. The van der Waals surface area contributed by atoms with Gasteiger partial charge in [0, 0.05) is 50.3 Å². The van der Waals surface area contributed by atoms with Gasteiger partial charge in [-0.05, 0) is 49.6 Å². The van der Waals surface area contributed by atoms with Crippen LogP contribution in [0.2, 0.25) is 0 Å². The minimum atomic E-state index is -0.775. The number of hydrogen-bond donors (Lipinski definition) is 1. The number of hydrogen-bond acceptors (Lipinski definition) is 8. The van der Waals surface area contributed by atoms with Crippen LogP contribution in [-0.2, 0) is 9.59 Å². The van der Waals surface area contributed by atoms with Gasteiger partial charge < -0.3 is 20.0 Å². The van der Waals surface area contributed by atoms with Crippen LogP contribution in [0.3, 0.4) is 0 Å². The molecule has 3 aliphatic rings. The smallest absolute Gasteiger partial charge is 0.245 e. The summed E-state index contributed by atoms with van der Waals surface area (Å²) in [5.41, 5.74) is 2.83. The first-order chi connectivity index (χ1) is 22.9. The second-order valence-corrected chi connectivity index (χ2v) is 12.3. The van der Waals surface area contributed by atoms with Gasteiger partial charge in [0.05, 0.1) is 23.0 Å². The Kier molecular flexibility index (Phi) is 7.03. The molecule has 4 bridgehead atoms. The van der Waals surface area contributed by atoms with Gasteiger partial charge in [0.25, 0.3) is 0 Å². The number of fused-ring (bicyclic) bond motifs is 9. The highest BCUT2D eigenvalue weighted by molar-refractivity contribution is 6.00. The first-order valence-electron chi connectivity index (χ1n) is 15.7. The van der Waals surface area contributed by atoms with Crippen molar-refractivity contribution in [3.8, 4) is 16.9 Å². The zero-order valence-electron chi connectivity index (χ0n) is 25.6. The number of carbonyl (C=O) groups is 2. The molecular formula is C34H31F2N9O2. The largest absolute Gasteiger partial charge is 0.365 e. The molecule has 238 valence electrons. The summed E-state index contributed by atoms with van der Waals surface area (Å²) in [6, 6.07) is 16.1. The Morgan fingerprint density at radius 1 is 0.957 bits per heavy atom. The van der Waals surface area contributed by atoms with Crippen molar-refractivity contribution in [2.24, 2.45) is 0 Å². The molecule has 0 spiro atoms. The Balaban J connectivity index is 1.19. The minimum absolute atomic E-state index is 0.0489. The van der Waals surface area contributed by atoms with Crippen LogP contribution in [-0.4, -0.2) is 79.7 Å². The molecule has 2 amide bonds. The fourth-order valence-electron chi connectivity index (χ4n) is 7.13. The molecule has 3 aliphatic heterocycles. The van der Waals surface area contributed by atoms with Gasteiger partial charge in [-0.15, -0.1) is 0 Å². The van der Waals surface area contributed by atoms with Gasteiger partial charge in [-0.1, -0.05) is 24.3 Å². The van der Waals surface area contributed by atoms with Crippen LogP contribution >= 0.6 is 0 Å². The number of anilines is 3. The van der Waals surface area contributed by atoms with Crippen molar-refractivity contribution in [2.75, 3.05) is 35.3 Å². The molecule has 3 aromatic heterocycles. The summed E-state index contributed by atoms with van der Waals surface area (Å²) in [7, 11) is 1.80. The third-order valence-electron chi connectivity index (χ3n) is 9.38. The summed E-state index contributed by atoms with van der Waals surface area (Å²) in [5, 5.41) is 8.44. The number of benzene rings is 2. The number of para-hydroxylation sites is 1. The molecule has 0 aliphatic carbocycles. The van der Waals surface area contributed by atoms with Crippen molar-refractivity contribution in [3.05, 3.63) is 84.8 Å². The van der Waals surface area contributed by atoms with Crippen LogP contribution in [0.1, 0.15) is 25.7 Å². The quantitative estimate of drug-likeness (QED) is 0.300. The molecule has 0 radical (unpaired) electrons. The van der Waals surface area contributed by atoms with Crippen LogP contribution < -0.4 is 15.1 Å². The zero-order valence-corrected chi connectivity index (χ0v) is 25.6.